The van der Waals surface area contributed by atoms with Crippen LogP contribution in [0.25, 0.3) is 0 Å². The first-order valence-electron chi connectivity index (χ1n) is 7.32. The largest absolute Gasteiger partial charge is 1.00 e. The van der Waals surface area contributed by atoms with Crippen LogP contribution in [0.3, 0.4) is 0 Å². The third kappa shape index (κ3) is 5.34. The third-order valence-electron chi connectivity index (χ3n) is 3.55. The number of ether oxygens (including phenoxy) is 3. The Bertz CT molecular complexity index is 587. The number of halogens is 1. The Balaban J connectivity index is 0.00000264. The summed E-state index contributed by atoms with van der Waals surface area (Å²) in [5.74, 6) is 2.44. The van der Waals surface area contributed by atoms with Gasteiger partial charge in [0.05, 0.1) is 21.3 Å². The third-order valence-corrected chi connectivity index (χ3v) is 3.55. The molecule has 23 heavy (non-hydrogen) atoms. The van der Waals surface area contributed by atoms with Crippen LogP contribution in [0.1, 0.15) is 11.1 Å². The van der Waals surface area contributed by atoms with Crippen molar-refractivity contribution in [2.75, 3.05) is 27.9 Å². The summed E-state index contributed by atoms with van der Waals surface area (Å²) in [5, 5.41) is 3.44. The topological polar surface area (TPSA) is 39.7 Å². The second kappa shape index (κ2) is 9.98. The summed E-state index contributed by atoms with van der Waals surface area (Å²) in [5.41, 5.74) is 2.38. The molecular formula is C18H23ClNO3-. The van der Waals surface area contributed by atoms with Crippen molar-refractivity contribution in [2.24, 2.45) is 0 Å². The van der Waals surface area contributed by atoms with E-state index in [0.29, 0.717) is 0 Å². The average Bonchev–Trinajstić information content (AvgIpc) is 2.58. The Morgan fingerprint density at radius 3 is 2.22 bits per heavy atom. The Labute approximate surface area is 144 Å². The number of rotatable bonds is 8. The molecule has 0 aliphatic carbocycles. The summed E-state index contributed by atoms with van der Waals surface area (Å²) < 4.78 is 15.9. The molecule has 126 valence electrons. The first kappa shape index (κ1) is 19.1. The molecule has 5 heteroatoms. The molecule has 0 spiro atoms. The van der Waals surface area contributed by atoms with Crippen LogP contribution in [0.5, 0.6) is 17.2 Å². The molecule has 0 radical (unpaired) electrons. The zero-order valence-corrected chi connectivity index (χ0v) is 14.5. The highest BCUT2D eigenvalue weighted by Gasteiger charge is 2.08. The fourth-order valence-corrected chi connectivity index (χ4v) is 2.34. The molecule has 0 saturated heterocycles. The van der Waals surface area contributed by atoms with Crippen LogP contribution in [-0.4, -0.2) is 27.9 Å². The molecule has 0 aliphatic heterocycles. The lowest BCUT2D eigenvalue weighted by atomic mass is 10.1. The minimum absolute atomic E-state index is 0. The van der Waals surface area contributed by atoms with Gasteiger partial charge in [0.15, 0.2) is 11.5 Å². The SMILES string of the molecule is COc1ccc(CCNCc2cccc(OC)c2OC)cc1.[Cl-]. The maximum Gasteiger partial charge on any atom is 0.165 e. The molecule has 0 saturated carbocycles. The number of hydrogen-bond donors (Lipinski definition) is 1. The van der Waals surface area contributed by atoms with Crippen molar-refractivity contribution in [1.82, 2.24) is 5.32 Å². The van der Waals surface area contributed by atoms with Crippen LogP contribution in [0.4, 0.5) is 0 Å². The number of methoxy groups -OCH3 is 3. The summed E-state index contributed by atoms with van der Waals surface area (Å²) in [7, 11) is 5.00. The molecule has 2 rings (SSSR count). The zero-order valence-electron chi connectivity index (χ0n) is 13.8. The summed E-state index contributed by atoms with van der Waals surface area (Å²) in [6.45, 7) is 1.64. The highest BCUT2D eigenvalue weighted by molar-refractivity contribution is 5.46. The molecule has 0 aliphatic rings. The molecule has 2 aromatic rings. The lowest BCUT2D eigenvalue weighted by Gasteiger charge is -2.13. The van der Waals surface area contributed by atoms with Gasteiger partial charge in [-0.2, -0.15) is 0 Å². The summed E-state index contributed by atoms with van der Waals surface area (Å²) in [6, 6.07) is 14.1. The summed E-state index contributed by atoms with van der Waals surface area (Å²) in [6.07, 6.45) is 0.969. The van der Waals surface area contributed by atoms with E-state index in [9.17, 15) is 0 Å². The van der Waals surface area contributed by atoms with Crippen LogP contribution >= 0.6 is 0 Å². The molecule has 1 N–H and O–H groups in total. The van der Waals surface area contributed by atoms with Crippen molar-refractivity contribution in [3.8, 4) is 17.2 Å². The van der Waals surface area contributed by atoms with Crippen molar-refractivity contribution < 1.29 is 26.6 Å². The van der Waals surface area contributed by atoms with Gasteiger partial charge in [-0.05, 0) is 36.7 Å². The van der Waals surface area contributed by atoms with E-state index in [4.69, 9.17) is 14.2 Å². The maximum absolute atomic E-state index is 5.43. The van der Waals surface area contributed by atoms with E-state index in [1.165, 1.54) is 5.56 Å². The van der Waals surface area contributed by atoms with Gasteiger partial charge in [-0.3, -0.25) is 0 Å². The molecular weight excluding hydrogens is 314 g/mol. The van der Waals surface area contributed by atoms with E-state index < -0.39 is 0 Å². The normalized spacial score (nSPS) is 9.87. The fraction of sp³-hybridized carbons (Fsp3) is 0.333. The minimum atomic E-state index is 0. The molecule has 2 aromatic carbocycles. The lowest BCUT2D eigenvalue weighted by molar-refractivity contribution is -0.00000537. The quantitative estimate of drug-likeness (QED) is 0.692. The van der Waals surface area contributed by atoms with Gasteiger partial charge in [-0.15, -0.1) is 0 Å². The highest BCUT2D eigenvalue weighted by atomic mass is 35.5. The fourth-order valence-electron chi connectivity index (χ4n) is 2.34. The number of hydrogen-bond acceptors (Lipinski definition) is 4. The second-order valence-corrected chi connectivity index (χ2v) is 4.93. The second-order valence-electron chi connectivity index (χ2n) is 4.93. The van der Waals surface area contributed by atoms with Gasteiger partial charge in [-0.1, -0.05) is 24.3 Å². The van der Waals surface area contributed by atoms with Crippen molar-refractivity contribution >= 4 is 0 Å². The Morgan fingerprint density at radius 2 is 1.61 bits per heavy atom. The predicted octanol–water partition coefficient (Wildman–Crippen LogP) is 0.0487. The molecule has 0 amide bonds. The van der Waals surface area contributed by atoms with E-state index in [2.05, 4.69) is 17.4 Å². The van der Waals surface area contributed by atoms with Crippen molar-refractivity contribution in [3.05, 3.63) is 53.6 Å². The Morgan fingerprint density at radius 1 is 0.870 bits per heavy atom. The van der Waals surface area contributed by atoms with Crippen LogP contribution in [0.15, 0.2) is 42.5 Å². The number of benzene rings is 2. The van der Waals surface area contributed by atoms with E-state index >= 15 is 0 Å². The van der Waals surface area contributed by atoms with Gasteiger partial charge in [-0.25, -0.2) is 0 Å². The number of nitrogens with one attached hydrogen (secondary N) is 1. The van der Waals surface area contributed by atoms with E-state index in [1.807, 2.05) is 30.3 Å². The van der Waals surface area contributed by atoms with E-state index in [0.717, 1.165) is 42.3 Å². The van der Waals surface area contributed by atoms with Crippen LogP contribution < -0.4 is 31.9 Å². The standard InChI is InChI=1S/C18H23NO3.ClH/c1-20-16-9-7-14(8-10-16)11-12-19-13-15-5-4-6-17(21-2)18(15)22-3;/h4-10,19H,11-13H2,1-3H3;1H/p-1. The van der Waals surface area contributed by atoms with Gasteiger partial charge in [0.1, 0.15) is 5.75 Å². The molecule has 0 unspecified atom stereocenters. The summed E-state index contributed by atoms with van der Waals surface area (Å²) in [4.78, 5) is 0. The molecule has 0 bridgehead atoms. The highest BCUT2D eigenvalue weighted by Crippen LogP contribution is 2.30. The predicted molar refractivity (Wildman–Crippen MR) is 88.0 cm³/mol. The van der Waals surface area contributed by atoms with Gasteiger partial charge in [0.25, 0.3) is 0 Å². The maximum atomic E-state index is 5.43. The van der Waals surface area contributed by atoms with Crippen molar-refractivity contribution in [3.63, 3.8) is 0 Å². The summed E-state index contributed by atoms with van der Waals surface area (Å²) >= 11 is 0. The minimum Gasteiger partial charge on any atom is -1.00 e. The average molecular weight is 337 g/mol. The monoisotopic (exact) mass is 336 g/mol. The van der Waals surface area contributed by atoms with E-state index in [1.54, 1.807) is 21.3 Å². The molecule has 0 aromatic heterocycles. The van der Waals surface area contributed by atoms with Gasteiger partial charge in [0.2, 0.25) is 0 Å². The van der Waals surface area contributed by atoms with Crippen molar-refractivity contribution in [1.29, 1.82) is 0 Å². The van der Waals surface area contributed by atoms with Gasteiger partial charge >= 0.3 is 0 Å². The van der Waals surface area contributed by atoms with E-state index in [-0.39, 0.29) is 12.4 Å². The lowest BCUT2D eigenvalue weighted by Crippen LogP contribution is -3.00. The molecule has 0 fully saturated rings. The molecule has 4 nitrogen and oxygen atoms in total. The zero-order chi connectivity index (χ0) is 15.8. The van der Waals surface area contributed by atoms with Crippen molar-refractivity contribution in [2.45, 2.75) is 13.0 Å². The first-order valence-corrected chi connectivity index (χ1v) is 7.32. The first-order chi connectivity index (χ1) is 10.8. The Hall–Kier alpha value is -1.91. The number of para-hydroxylation sites is 1. The smallest absolute Gasteiger partial charge is 0.165 e. The van der Waals surface area contributed by atoms with Crippen LogP contribution in [-0.2, 0) is 13.0 Å². The van der Waals surface area contributed by atoms with Gasteiger partial charge < -0.3 is 31.9 Å². The Kier molecular flexibility index (Phi) is 8.30. The van der Waals surface area contributed by atoms with Crippen LogP contribution in [0, 0.1) is 0 Å². The molecule has 0 atom stereocenters. The van der Waals surface area contributed by atoms with Gasteiger partial charge in [0, 0.05) is 12.1 Å². The van der Waals surface area contributed by atoms with Crippen LogP contribution in [0.2, 0.25) is 0 Å². The molecule has 0 heterocycles.